The topological polar surface area (TPSA) is 108 Å². The molecule has 2 aliphatic rings. The minimum absolute atomic E-state index is 0.0935. The highest BCUT2D eigenvalue weighted by Gasteiger charge is 2.35. The summed E-state index contributed by atoms with van der Waals surface area (Å²) < 4.78 is 5.59. The number of carboxylic acid groups (broad SMARTS) is 1. The molecule has 1 aliphatic carbocycles. The third-order valence-corrected chi connectivity index (χ3v) is 8.29. The van der Waals surface area contributed by atoms with Gasteiger partial charge in [0.15, 0.2) is 0 Å². The van der Waals surface area contributed by atoms with E-state index in [1.807, 2.05) is 60.7 Å². The summed E-state index contributed by atoms with van der Waals surface area (Å²) in [6.45, 7) is 1.95. The summed E-state index contributed by atoms with van der Waals surface area (Å²) in [5.74, 6) is -0.443. The maximum Gasteiger partial charge on any atom is 0.411 e. The third-order valence-electron chi connectivity index (χ3n) is 7.91. The van der Waals surface area contributed by atoms with Crippen molar-refractivity contribution < 1.29 is 24.2 Å². The van der Waals surface area contributed by atoms with E-state index in [2.05, 4.69) is 22.8 Å². The molecule has 3 amide bonds. The van der Waals surface area contributed by atoms with E-state index in [4.69, 9.17) is 16.3 Å². The van der Waals surface area contributed by atoms with Crippen LogP contribution in [0, 0.1) is 0 Å². The van der Waals surface area contributed by atoms with E-state index in [-0.39, 0.29) is 30.9 Å². The monoisotopic (exact) mass is 569 g/mol. The molecule has 0 saturated heterocycles. The molecule has 41 heavy (non-hydrogen) atoms. The second-order valence-electron chi connectivity index (χ2n) is 10.3. The van der Waals surface area contributed by atoms with Crippen LogP contribution in [0.2, 0.25) is 0 Å². The van der Waals surface area contributed by atoms with Crippen molar-refractivity contribution in [2.45, 2.75) is 24.8 Å². The van der Waals surface area contributed by atoms with Crippen LogP contribution in [-0.2, 0) is 9.53 Å². The van der Waals surface area contributed by atoms with Gasteiger partial charge in [-0.25, -0.2) is 9.59 Å². The molecule has 4 aromatic rings. The van der Waals surface area contributed by atoms with Gasteiger partial charge in [-0.2, -0.15) is 0 Å². The number of alkyl halides is 1. The summed E-state index contributed by atoms with van der Waals surface area (Å²) in [5, 5.41) is 16.9. The van der Waals surface area contributed by atoms with Crippen LogP contribution in [0.15, 0.2) is 78.9 Å². The lowest BCUT2D eigenvalue weighted by molar-refractivity contribution is -0.117. The summed E-state index contributed by atoms with van der Waals surface area (Å²) >= 11 is 6.20. The number of alkyl carbamates (subject to hydrolysis) is 1. The van der Waals surface area contributed by atoms with Crippen LogP contribution in [-0.4, -0.2) is 48.3 Å². The number of hydrogen-bond acceptors (Lipinski definition) is 4. The number of nitrogens with one attached hydrogen (secondary N) is 2. The Hall–Kier alpha value is -4.56. The number of ether oxygens (including phenoxy) is 1. The minimum atomic E-state index is -1.09. The SMILES string of the molecule is C[C@H](NC(=O)OCC1c2ccccc2-c2ccccc21)C(=O)Nc1cc2c(c3ccccc13)[C@H](CCl)CN2C(=O)O. The molecule has 0 aromatic heterocycles. The molecular weight excluding hydrogens is 542 g/mol. The number of hydrogen-bond donors (Lipinski definition) is 3. The van der Waals surface area contributed by atoms with Gasteiger partial charge in [-0.3, -0.25) is 9.69 Å². The molecule has 0 fully saturated rings. The van der Waals surface area contributed by atoms with Crippen molar-refractivity contribution >= 4 is 51.8 Å². The van der Waals surface area contributed by atoms with Gasteiger partial charge in [0.05, 0.1) is 11.4 Å². The van der Waals surface area contributed by atoms with Crippen LogP contribution in [0.4, 0.5) is 21.0 Å². The van der Waals surface area contributed by atoms with Crippen LogP contribution in [0.5, 0.6) is 0 Å². The highest BCUT2D eigenvalue weighted by atomic mass is 35.5. The number of amides is 3. The zero-order valence-corrected chi connectivity index (χ0v) is 23.0. The second kappa shape index (κ2) is 10.8. The number of fused-ring (bicyclic) bond motifs is 6. The zero-order chi connectivity index (χ0) is 28.7. The van der Waals surface area contributed by atoms with Crippen molar-refractivity contribution in [1.29, 1.82) is 0 Å². The Morgan fingerprint density at radius 1 is 0.976 bits per heavy atom. The number of halogens is 1. The van der Waals surface area contributed by atoms with Crippen molar-refractivity contribution in [3.63, 3.8) is 0 Å². The van der Waals surface area contributed by atoms with Crippen LogP contribution in [0.3, 0.4) is 0 Å². The van der Waals surface area contributed by atoms with E-state index in [1.165, 1.54) is 4.90 Å². The quantitative estimate of drug-likeness (QED) is 0.229. The molecular formula is C32H28ClN3O5. The number of benzene rings is 4. The van der Waals surface area contributed by atoms with Crippen LogP contribution in [0.25, 0.3) is 21.9 Å². The summed E-state index contributed by atoms with van der Waals surface area (Å²) in [6, 6.07) is 24.4. The van der Waals surface area contributed by atoms with E-state index >= 15 is 0 Å². The largest absolute Gasteiger partial charge is 0.465 e. The first-order valence-corrected chi connectivity index (χ1v) is 13.9. The molecule has 6 rings (SSSR count). The average Bonchev–Trinajstić information content (AvgIpc) is 3.52. The molecule has 3 N–H and O–H groups in total. The van der Waals surface area contributed by atoms with E-state index in [0.29, 0.717) is 11.4 Å². The van der Waals surface area contributed by atoms with Crippen molar-refractivity contribution in [3.8, 4) is 11.1 Å². The van der Waals surface area contributed by atoms with Crippen molar-refractivity contribution in [1.82, 2.24) is 5.32 Å². The Bertz CT molecular complexity index is 1640. The molecule has 4 aromatic carbocycles. The number of anilines is 2. The van der Waals surface area contributed by atoms with Gasteiger partial charge in [-0.15, -0.1) is 11.6 Å². The molecule has 208 valence electrons. The zero-order valence-electron chi connectivity index (χ0n) is 22.3. The minimum Gasteiger partial charge on any atom is -0.465 e. The molecule has 1 heterocycles. The number of nitrogens with zero attached hydrogens (tertiary/aromatic N) is 1. The molecule has 2 atom stereocenters. The maximum absolute atomic E-state index is 13.2. The summed E-state index contributed by atoms with van der Waals surface area (Å²) in [7, 11) is 0. The normalized spacial score (nSPS) is 16.0. The van der Waals surface area contributed by atoms with Crippen LogP contribution in [0.1, 0.15) is 35.4 Å². The van der Waals surface area contributed by atoms with E-state index in [1.54, 1.807) is 13.0 Å². The number of carbonyl (C=O) groups excluding carboxylic acids is 2. The first kappa shape index (κ1) is 26.7. The van der Waals surface area contributed by atoms with Crippen molar-refractivity contribution in [2.75, 3.05) is 29.2 Å². The third kappa shape index (κ3) is 4.74. The smallest absolute Gasteiger partial charge is 0.411 e. The average molecular weight is 570 g/mol. The van der Waals surface area contributed by atoms with Gasteiger partial charge in [-0.05, 0) is 46.2 Å². The predicted octanol–water partition coefficient (Wildman–Crippen LogP) is 6.53. The lowest BCUT2D eigenvalue weighted by atomic mass is 9.95. The molecule has 1 aliphatic heterocycles. The van der Waals surface area contributed by atoms with E-state index in [9.17, 15) is 19.5 Å². The van der Waals surface area contributed by atoms with Gasteiger partial charge in [0.2, 0.25) is 5.91 Å². The molecule has 0 unspecified atom stereocenters. The fraction of sp³-hybridized carbons (Fsp3) is 0.219. The van der Waals surface area contributed by atoms with E-state index in [0.717, 1.165) is 38.6 Å². The highest BCUT2D eigenvalue weighted by Crippen LogP contribution is 2.46. The van der Waals surface area contributed by atoms with Crippen molar-refractivity contribution in [2.24, 2.45) is 0 Å². The van der Waals surface area contributed by atoms with Gasteiger partial charge in [0.1, 0.15) is 12.6 Å². The molecule has 9 heteroatoms. The van der Waals surface area contributed by atoms with E-state index < -0.39 is 24.1 Å². The summed E-state index contributed by atoms with van der Waals surface area (Å²) in [6.07, 6.45) is -1.79. The summed E-state index contributed by atoms with van der Waals surface area (Å²) in [5.41, 5.74) is 6.25. The van der Waals surface area contributed by atoms with Gasteiger partial charge in [0.25, 0.3) is 0 Å². The van der Waals surface area contributed by atoms with Gasteiger partial charge >= 0.3 is 12.2 Å². The first-order chi connectivity index (χ1) is 19.9. The van der Waals surface area contributed by atoms with Crippen molar-refractivity contribution in [3.05, 3.63) is 95.6 Å². The second-order valence-corrected chi connectivity index (χ2v) is 10.6. The first-order valence-electron chi connectivity index (χ1n) is 13.4. The number of rotatable bonds is 6. The standard InChI is InChI=1S/C32H28ClN3O5/c1-18(34-31(38)41-17-26-22-10-4-2-8-20(22)21-9-3-5-11-23(21)26)30(37)35-27-14-28-29(25-13-7-6-12-24(25)27)19(15-33)16-36(28)32(39)40/h2-14,18-19,26H,15-17H2,1H3,(H,34,38)(H,35,37)(H,39,40)/t18-,19+/m0/s1. The lowest BCUT2D eigenvalue weighted by Gasteiger charge is -2.19. The lowest BCUT2D eigenvalue weighted by Crippen LogP contribution is -2.42. The van der Waals surface area contributed by atoms with Gasteiger partial charge < -0.3 is 20.5 Å². The molecule has 0 saturated carbocycles. The highest BCUT2D eigenvalue weighted by molar-refractivity contribution is 6.19. The number of carbonyl (C=O) groups is 3. The molecule has 0 bridgehead atoms. The van der Waals surface area contributed by atoms with Gasteiger partial charge in [-0.1, -0.05) is 72.8 Å². The Morgan fingerprint density at radius 2 is 1.59 bits per heavy atom. The van der Waals surface area contributed by atoms with Gasteiger partial charge in [0, 0.05) is 29.6 Å². The molecule has 0 spiro atoms. The van der Waals surface area contributed by atoms with Crippen LogP contribution >= 0.6 is 11.6 Å². The Labute approximate surface area is 241 Å². The van der Waals surface area contributed by atoms with Crippen LogP contribution < -0.4 is 15.5 Å². The maximum atomic E-state index is 13.2. The Balaban J connectivity index is 1.16. The Morgan fingerprint density at radius 3 is 2.22 bits per heavy atom. The fourth-order valence-electron chi connectivity index (χ4n) is 5.98. The summed E-state index contributed by atoms with van der Waals surface area (Å²) in [4.78, 5) is 39.1. The predicted molar refractivity (Wildman–Crippen MR) is 159 cm³/mol. The Kier molecular flexibility index (Phi) is 7.01. The molecule has 8 nitrogen and oxygen atoms in total. The fourth-order valence-corrected chi connectivity index (χ4v) is 6.23. The molecule has 0 radical (unpaired) electrons.